The number of para-hydroxylation sites is 2. The van der Waals surface area contributed by atoms with Gasteiger partial charge in [-0.05, 0) is 31.2 Å². The van der Waals surface area contributed by atoms with Gasteiger partial charge in [-0.25, -0.2) is 0 Å². The number of ether oxygens (including phenoxy) is 2. The van der Waals surface area contributed by atoms with Crippen molar-refractivity contribution < 1.29 is 19.2 Å². The molecule has 2 aromatic rings. The van der Waals surface area contributed by atoms with E-state index in [2.05, 4.69) is 0 Å². The number of benzene rings is 2. The third-order valence-corrected chi connectivity index (χ3v) is 4.03. The molecule has 0 saturated carbocycles. The van der Waals surface area contributed by atoms with Gasteiger partial charge in [-0.3, -0.25) is 14.9 Å². The zero-order chi connectivity index (χ0) is 18.0. The second-order valence-corrected chi connectivity index (χ2v) is 5.94. The van der Waals surface area contributed by atoms with Crippen LogP contribution >= 0.6 is 0 Å². The first-order valence-electron chi connectivity index (χ1n) is 7.84. The minimum absolute atomic E-state index is 0.000163. The molecule has 1 unspecified atom stereocenters. The Morgan fingerprint density at radius 2 is 2.00 bits per heavy atom. The van der Waals surface area contributed by atoms with E-state index in [1.165, 1.54) is 23.1 Å². The highest BCUT2D eigenvalue weighted by atomic mass is 16.6. The first kappa shape index (κ1) is 16.8. The number of likely N-dealkylation sites (N-methyl/N-ethyl adjacent to an activating group) is 1. The Morgan fingerprint density at radius 1 is 1.28 bits per heavy atom. The summed E-state index contributed by atoms with van der Waals surface area (Å²) < 4.78 is 11.5. The molecular weight excluding hydrogens is 324 g/mol. The molecular formula is C18H18N2O5. The van der Waals surface area contributed by atoms with Gasteiger partial charge in [-0.15, -0.1) is 0 Å². The zero-order valence-electron chi connectivity index (χ0n) is 14.0. The van der Waals surface area contributed by atoms with E-state index >= 15 is 0 Å². The van der Waals surface area contributed by atoms with Gasteiger partial charge in [-0.2, -0.15) is 0 Å². The van der Waals surface area contributed by atoms with E-state index in [9.17, 15) is 14.9 Å². The Morgan fingerprint density at radius 3 is 2.68 bits per heavy atom. The summed E-state index contributed by atoms with van der Waals surface area (Å²) in [5.74, 6) is 1.13. The van der Waals surface area contributed by atoms with Crippen LogP contribution in [0.1, 0.15) is 15.9 Å². The van der Waals surface area contributed by atoms with Gasteiger partial charge in [-0.1, -0.05) is 12.1 Å². The second kappa shape index (κ2) is 6.80. The molecule has 1 atom stereocenters. The highest BCUT2D eigenvalue weighted by molar-refractivity contribution is 5.94. The van der Waals surface area contributed by atoms with Crippen molar-refractivity contribution in [3.05, 3.63) is 63.7 Å². The molecule has 1 heterocycles. The molecule has 0 aromatic heterocycles. The summed E-state index contributed by atoms with van der Waals surface area (Å²) in [6.45, 7) is 2.32. The predicted molar refractivity (Wildman–Crippen MR) is 91.1 cm³/mol. The molecule has 3 rings (SSSR count). The summed E-state index contributed by atoms with van der Waals surface area (Å²) in [7, 11) is 1.67. The van der Waals surface area contributed by atoms with Crippen molar-refractivity contribution in [2.24, 2.45) is 0 Å². The summed E-state index contributed by atoms with van der Waals surface area (Å²) >= 11 is 0. The van der Waals surface area contributed by atoms with Crippen molar-refractivity contribution >= 4 is 11.6 Å². The molecule has 0 aliphatic carbocycles. The van der Waals surface area contributed by atoms with E-state index in [4.69, 9.17) is 9.47 Å². The highest BCUT2D eigenvalue weighted by Crippen LogP contribution is 2.31. The van der Waals surface area contributed by atoms with E-state index in [-0.39, 0.29) is 17.7 Å². The molecule has 1 aliphatic heterocycles. The molecule has 130 valence electrons. The van der Waals surface area contributed by atoms with E-state index in [0.717, 1.165) is 0 Å². The lowest BCUT2D eigenvalue weighted by Gasteiger charge is -2.29. The van der Waals surface area contributed by atoms with Crippen LogP contribution in [0.15, 0.2) is 42.5 Å². The lowest BCUT2D eigenvalue weighted by molar-refractivity contribution is -0.385. The number of fused-ring (bicyclic) bond motifs is 1. The number of amides is 1. The molecule has 25 heavy (non-hydrogen) atoms. The SMILES string of the molecule is Cc1cc(C(=O)N(C)CC2COc3ccccc3O2)ccc1[N+](=O)[O-]. The number of nitro benzene ring substituents is 1. The maximum atomic E-state index is 12.6. The van der Waals surface area contributed by atoms with Gasteiger partial charge in [0.25, 0.3) is 11.6 Å². The lowest BCUT2D eigenvalue weighted by atomic mass is 10.1. The number of nitro groups is 1. The van der Waals surface area contributed by atoms with Gasteiger partial charge in [0.15, 0.2) is 17.6 Å². The van der Waals surface area contributed by atoms with Crippen LogP contribution in [0.5, 0.6) is 11.5 Å². The predicted octanol–water partition coefficient (Wildman–Crippen LogP) is 2.82. The molecule has 7 heteroatoms. The van der Waals surface area contributed by atoms with Crippen molar-refractivity contribution in [3.8, 4) is 11.5 Å². The number of aryl methyl sites for hydroxylation is 1. The summed E-state index contributed by atoms with van der Waals surface area (Å²) in [6.07, 6.45) is -0.275. The summed E-state index contributed by atoms with van der Waals surface area (Å²) in [5, 5.41) is 10.9. The molecule has 0 fully saturated rings. The minimum Gasteiger partial charge on any atom is -0.486 e. The van der Waals surface area contributed by atoms with Crippen LogP contribution in [-0.4, -0.2) is 42.0 Å². The smallest absolute Gasteiger partial charge is 0.272 e. The van der Waals surface area contributed by atoms with Crippen molar-refractivity contribution in [2.75, 3.05) is 20.2 Å². The Kier molecular flexibility index (Phi) is 4.56. The minimum atomic E-state index is -0.460. The number of carbonyl (C=O) groups is 1. The van der Waals surface area contributed by atoms with Crippen LogP contribution in [0.2, 0.25) is 0 Å². The van der Waals surface area contributed by atoms with E-state index in [1.54, 1.807) is 14.0 Å². The average molecular weight is 342 g/mol. The number of rotatable bonds is 4. The molecule has 0 saturated heterocycles. The number of nitrogens with zero attached hydrogens (tertiary/aromatic N) is 2. The van der Waals surface area contributed by atoms with Gasteiger partial charge >= 0.3 is 0 Å². The fourth-order valence-corrected chi connectivity index (χ4v) is 2.76. The number of carbonyl (C=O) groups excluding carboxylic acids is 1. The van der Waals surface area contributed by atoms with Crippen LogP contribution in [0, 0.1) is 17.0 Å². The first-order chi connectivity index (χ1) is 12.0. The lowest BCUT2D eigenvalue weighted by Crippen LogP contribution is -2.41. The van der Waals surface area contributed by atoms with E-state index in [1.807, 2.05) is 24.3 Å². The molecule has 1 aliphatic rings. The molecule has 0 N–H and O–H groups in total. The molecule has 0 radical (unpaired) electrons. The largest absolute Gasteiger partial charge is 0.486 e. The molecule has 0 spiro atoms. The summed E-state index contributed by atoms with van der Waals surface area (Å²) in [5.41, 5.74) is 0.859. The zero-order valence-corrected chi connectivity index (χ0v) is 14.0. The normalized spacial score (nSPS) is 15.5. The fraction of sp³-hybridized carbons (Fsp3) is 0.278. The average Bonchev–Trinajstić information content (AvgIpc) is 2.60. The van der Waals surface area contributed by atoms with Crippen LogP contribution in [0.25, 0.3) is 0 Å². The van der Waals surface area contributed by atoms with E-state index < -0.39 is 4.92 Å². The van der Waals surface area contributed by atoms with Crippen LogP contribution < -0.4 is 9.47 Å². The van der Waals surface area contributed by atoms with Crippen LogP contribution in [0.4, 0.5) is 5.69 Å². The number of hydrogen-bond donors (Lipinski definition) is 0. The third kappa shape index (κ3) is 3.55. The van der Waals surface area contributed by atoms with Gasteiger partial charge in [0.2, 0.25) is 0 Å². The second-order valence-electron chi connectivity index (χ2n) is 5.94. The molecule has 1 amide bonds. The summed E-state index contributed by atoms with van der Waals surface area (Å²) in [4.78, 5) is 24.5. The van der Waals surface area contributed by atoms with E-state index in [0.29, 0.717) is 35.8 Å². The molecule has 0 bridgehead atoms. The van der Waals surface area contributed by atoms with Crippen molar-refractivity contribution in [3.63, 3.8) is 0 Å². The Hall–Kier alpha value is -3.09. The van der Waals surface area contributed by atoms with Crippen LogP contribution in [-0.2, 0) is 0 Å². The Bertz CT molecular complexity index is 821. The first-order valence-corrected chi connectivity index (χ1v) is 7.84. The maximum absolute atomic E-state index is 12.6. The standard InChI is InChI=1S/C18H18N2O5/c1-12-9-13(7-8-15(12)20(22)23)18(21)19(2)10-14-11-24-16-5-3-4-6-17(16)25-14/h3-9,14H,10-11H2,1-2H3. The van der Waals surface area contributed by atoms with Crippen molar-refractivity contribution in [1.29, 1.82) is 0 Å². The fourth-order valence-electron chi connectivity index (χ4n) is 2.76. The van der Waals surface area contributed by atoms with Gasteiger partial charge in [0.1, 0.15) is 6.61 Å². The van der Waals surface area contributed by atoms with Gasteiger partial charge in [0.05, 0.1) is 11.5 Å². The topological polar surface area (TPSA) is 81.9 Å². The van der Waals surface area contributed by atoms with Crippen molar-refractivity contribution in [1.82, 2.24) is 4.90 Å². The quantitative estimate of drug-likeness (QED) is 0.630. The van der Waals surface area contributed by atoms with Gasteiger partial charge in [0, 0.05) is 24.2 Å². The molecule has 2 aromatic carbocycles. The van der Waals surface area contributed by atoms with Crippen LogP contribution in [0.3, 0.4) is 0 Å². The van der Waals surface area contributed by atoms with Crippen molar-refractivity contribution in [2.45, 2.75) is 13.0 Å². The number of hydrogen-bond acceptors (Lipinski definition) is 5. The monoisotopic (exact) mass is 342 g/mol. The maximum Gasteiger partial charge on any atom is 0.272 e. The Balaban J connectivity index is 1.67. The summed E-state index contributed by atoms with van der Waals surface area (Å²) in [6, 6.07) is 11.7. The highest BCUT2D eigenvalue weighted by Gasteiger charge is 2.24. The Labute approximate surface area is 144 Å². The molecule has 7 nitrogen and oxygen atoms in total. The van der Waals surface area contributed by atoms with Gasteiger partial charge < -0.3 is 14.4 Å². The third-order valence-electron chi connectivity index (χ3n) is 4.03.